The molecule has 2 amide bonds. The molecular weight excluding hydrogens is 376 g/mol. The topological polar surface area (TPSA) is 103 Å². The van der Waals surface area contributed by atoms with E-state index in [1.165, 1.54) is 14.2 Å². The third kappa shape index (κ3) is 4.30. The molecule has 0 aliphatic carbocycles. The second-order valence-electron chi connectivity index (χ2n) is 6.01. The molecule has 152 valence electrons. The second kappa shape index (κ2) is 9.07. The Morgan fingerprint density at radius 3 is 2.55 bits per heavy atom. The molecule has 0 unspecified atom stereocenters. The summed E-state index contributed by atoms with van der Waals surface area (Å²) in [5.74, 6) is 0.311. The Hall–Kier alpha value is -3.59. The van der Waals surface area contributed by atoms with Crippen LogP contribution in [0.2, 0.25) is 0 Å². The highest BCUT2D eigenvalue weighted by Gasteiger charge is 2.21. The molecule has 0 aliphatic heterocycles. The predicted octanol–water partition coefficient (Wildman–Crippen LogP) is 1.98. The molecule has 0 aliphatic rings. The van der Waals surface area contributed by atoms with Crippen molar-refractivity contribution in [2.75, 3.05) is 39.8 Å². The number of ether oxygens (including phenoxy) is 3. The number of carbonyl (C=O) groups is 2. The summed E-state index contributed by atoms with van der Waals surface area (Å²) in [6, 6.07) is 10.3. The molecule has 0 fully saturated rings. The predicted molar refractivity (Wildman–Crippen MR) is 107 cm³/mol. The van der Waals surface area contributed by atoms with Crippen LogP contribution in [-0.4, -0.2) is 55.7 Å². The average molecular weight is 398 g/mol. The zero-order chi connectivity index (χ0) is 20.8. The van der Waals surface area contributed by atoms with Gasteiger partial charge in [-0.3, -0.25) is 14.0 Å². The van der Waals surface area contributed by atoms with Crippen molar-refractivity contribution in [1.82, 2.24) is 14.7 Å². The fourth-order valence-electron chi connectivity index (χ4n) is 2.82. The first kappa shape index (κ1) is 20.2. The van der Waals surface area contributed by atoms with Crippen molar-refractivity contribution in [1.29, 1.82) is 0 Å². The largest absolute Gasteiger partial charge is 0.493 e. The number of pyridine rings is 1. The van der Waals surface area contributed by atoms with Gasteiger partial charge in [-0.05, 0) is 24.3 Å². The fourth-order valence-corrected chi connectivity index (χ4v) is 2.82. The van der Waals surface area contributed by atoms with Gasteiger partial charge < -0.3 is 24.8 Å². The van der Waals surface area contributed by atoms with Crippen molar-refractivity contribution in [3.05, 3.63) is 54.1 Å². The van der Waals surface area contributed by atoms with Gasteiger partial charge in [0.1, 0.15) is 0 Å². The highest BCUT2D eigenvalue weighted by Crippen LogP contribution is 2.30. The summed E-state index contributed by atoms with van der Waals surface area (Å²) in [4.78, 5) is 29.6. The SMILES string of the molecule is COCCNC(=O)c1nc(C(=O)Nc2ccc(OC)c(OC)c2)c2ccccn12. The Kier molecular flexibility index (Phi) is 6.30. The van der Waals surface area contributed by atoms with Gasteiger partial charge in [0.25, 0.3) is 11.8 Å². The number of nitrogens with one attached hydrogen (secondary N) is 2. The number of rotatable bonds is 8. The lowest BCUT2D eigenvalue weighted by Gasteiger charge is -2.10. The van der Waals surface area contributed by atoms with E-state index >= 15 is 0 Å². The first-order valence-corrected chi connectivity index (χ1v) is 8.86. The Morgan fingerprint density at radius 1 is 1.03 bits per heavy atom. The molecule has 9 heteroatoms. The summed E-state index contributed by atoms with van der Waals surface area (Å²) in [5, 5.41) is 5.49. The number of benzene rings is 1. The first-order valence-electron chi connectivity index (χ1n) is 8.86. The third-order valence-electron chi connectivity index (χ3n) is 4.20. The number of anilines is 1. The number of hydrogen-bond acceptors (Lipinski definition) is 6. The van der Waals surface area contributed by atoms with E-state index in [-0.39, 0.29) is 11.5 Å². The maximum absolute atomic E-state index is 12.9. The molecule has 9 nitrogen and oxygen atoms in total. The van der Waals surface area contributed by atoms with E-state index in [2.05, 4.69) is 15.6 Å². The van der Waals surface area contributed by atoms with Gasteiger partial charge in [0, 0.05) is 31.6 Å². The molecule has 3 rings (SSSR count). The highest BCUT2D eigenvalue weighted by molar-refractivity contribution is 6.09. The Balaban J connectivity index is 1.89. The van der Waals surface area contributed by atoms with Crippen LogP contribution in [0.5, 0.6) is 11.5 Å². The van der Waals surface area contributed by atoms with E-state index in [4.69, 9.17) is 14.2 Å². The first-order chi connectivity index (χ1) is 14.1. The maximum Gasteiger partial charge on any atom is 0.287 e. The molecule has 0 saturated carbocycles. The van der Waals surface area contributed by atoms with Crippen LogP contribution in [0, 0.1) is 0 Å². The van der Waals surface area contributed by atoms with Crippen LogP contribution < -0.4 is 20.1 Å². The molecule has 2 aromatic heterocycles. The van der Waals surface area contributed by atoms with Crippen LogP contribution in [-0.2, 0) is 4.74 Å². The van der Waals surface area contributed by atoms with Crippen LogP contribution in [0.4, 0.5) is 5.69 Å². The van der Waals surface area contributed by atoms with E-state index in [0.717, 1.165) is 0 Å². The lowest BCUT2D eigenvalue weighted by Crippen LogP contribution is -2.28. The number of fused-ring (bicyclic) bond motifs is 1. The quantitative estimate of drug-likeness (QED) is 0.563. The molecule has 0 spiro atoms. The standard InChI is InChI=1S/C20H22N4O5/c1-27-11-9-21-20(26)18-23-17(14-6-4-5-10-24(14)18)19(25)22-13-7-8-15(28-2)16(12-13)29-3/h4-8,10,12H,9,11H2,1-3H3,(H,21,26)(H,22,25). The number of aromatic nitrogens is 2. The zero-order valence-electron chi connectivity index (χ0n) is 16.4. The van der Waals surface area contributed by atoms with Crippen LogP contribution >= 0.6 is 0 Å². The van der Waals surface area contributed by atoms with Gasteiger partial charge in [0.15, 0.2) is 17.2 Å². The Morgan fingerprint density at radius 2 is 1.83 bits per heavy atom. The molecule has 3 aromatic rings. The second-order valence-corrected chi connectivity index (χ2v) is 6.01. The molecule has 29 heavy (non-hydrogen) atoms. The average Bonchev–Trinajstić information content (AvgIpc) is 3.13. The number of amides is 2. The van der Waals surface area contributed by atoms with Gasteiger partial charge >= 0.3 is 0 Å². The highest BCUT2D eigenvalue weighted by atomic mass is 16.5. The van der Waals surface area contributed by atoms with Gasteiger partial charge in [-0.1, -0.05) is 6.07 Å². The summed E-state index contributed by atoms with van der Waals surface area (Å²) in [7, 11) is 4.60. The molecule has 2 heterocycles. The van der Waals surface area contributed by atoms with Crippen molar-refractivity contribution < 1.29 is 23.8 Å². The van der Waals surface area contributed by atoms with Crippen molar-refractivity contribution in [2.45, 2.75) is 0 Å². The van der Waals surface area contributed by atoms with Crippen LogP contribution in [0.1, 0.15) is 21.1 Å². The summed E-state index contributed by atoms with van der Waals surface area (Å²) in [6.07, 6.45) is 1.68. The van der Waals surface area contributed by atoms with Gasteiger partial charge in [0.05, 0.1) is 26.3 Å². The van der Waals surface area contributed by atoms with Gasteiger partial charge in [0.2, 0.25) is 5.82 Å². The van der Waals surface area contributed by atoms with Gasteiger partial charge in [-0.15, -0.1) is 0 Å². The minimum Gasteiger partial charge on any atom is -0.493 e. The number of methoxy groups -OCH3 is 3. The number of hydrogen-bond donors (Lipinski definition) is 2. The Labute approximate surface area is 167 Å². The molecule has 0 atom stereocenters. The van der Waals surface area contributed by atoms with E-state index in [0.29, 0.717) is 35.9 Å². The number of nitrogens with zero attached hydrogens (tertiary/aromatic N) is 2. The van der Waals surface area contributed by atoms with Crippen molar-refractivity contribution in [3.8, 4) is 11.5 Å². The van der Waals surface area contributed by atoms with Crippen LogP contribution in [0.15, 0.2) is 42.6 Å². The molecule has 0 bridgehead atoms. The van der Waals surface area contributed by atoms with Crippen molar-refractivity contribution >= 4 is 23.0 Å². The zero-order valence-corrected chi connectivity index (χ0v) is 16.4. The lowest BCUT2D eigenvalue weighted by atomic mass is 10.2. The monoisotopic (exact) mass is 398 g/mol. The lowest BCUT2D eigenvalue weighted by molar-refractivity contribution is 0.0926. The maximum atomic E-state index is 12.9. The van der Waals surface area contributed by atoms with E-state index < -0.39 is 11.8 Å². The molecule has 2 N–H and O–H groups in total. The molecular formula is C20H22N4O5. The number of imidazole rings is 1. The smallest absolute Gasteiger partial charge is 0.287 e. The van der Waals surface area contributed by atoms with E-state index in [1.54, 1.807) is 54.1 Å². The molecule has 0 saturated heterocycles. The molecule has 1 aromatic carbocycles. The van der Waals surface area contributed by atoms with Gasteiger partial charge in [-0.25, -0.2) is 4.98 Å². The van der Waals surface area contributed by atoms with Crippen molar-refractivity contribution in [2.24, 2.45) is 0 Å². The fraction of sp³-hybridized carbons (Fsp3) is 0.250. The minimum atomic E-state index is -0.447. The number of carbonyl (C=O) groups excluding carboxylic acids is 2. The summed E-state index contributed by atoms with van der Waals surface area (Å²) >= 11 is 0. The Bertz CT molecular complexity index is 1030. The molecule has 0 radical (unpaired) electrons. The summed E-state index contributed by atoms with van der Waals surface area (Å²) in [6.45, 7) is 0.714. The van der Waals surface area contributed by atoms with Crippen molar-refractivity contribution in [3.63, 3.8) is 0 Å². The third-order valence-corrected chi connectivity index (χ3v) is 4.20. The summed E-state index contributed by atoms with van der Waals surface area (Å²) in [5.41, 5.74) is 1.16. The van der Waals surface area contributed by atoms with Gasteiger partial charge in [-0.2, -0.15) is 0 Å². The van der Waals surface area contributed by atoms with E-state index in [9.17, 15) is 9.59 Å². The normalized spacial score (nSPS) is 10.6. The minimum absolute atomic E-state index is 0.120. The van der Waals surface area contributed by atoms with Crippen LogP contribution in [0.3, 0.4) is 0 Å². The van der Waals surface area contributed by atoms with E-state index in [1.807, 2.05) is 0 Å². The summed E-state index contributed by atoms with van der Waals surface area (Å²) < 4.78 is 17.0. The van der Waals surface area contributed by atoms with Crippen LogP contribution in [0.25, 0.3) is 5.52 Å².